The standard InChI is InChI=1S/C14H29N3O/c1-11(2)16-8-12(3)9-17-7-5-6-13(10-17)14(18)15-4/h11-13,16H,5-10H2,1-4H3,(H,15,18). The first kappa shape index (κ1) is 15.4. The van der Waals surface area contributed by atoms with E-state index in [9.17, 15) is 4.79 Å². The molecule has 0 saturated carbocycles. The highest BCUT2D eigenvalue weighted by Crippen LogP contribution is 2.17. The van der Waals surface area contributed by atoms with Gasteiger partial charge in [-0.25, -0.2) is 0 Å². The van der Waals surface area contributed by atoms with Crippen LogP contribution in [0.4, 0.5) is 0 Å². The second kappa shape index (κ2) is 7.74. The van der Waals surface area contributed by atoms with Crippen LogP contribution in [0.15, 0.2) is 0 Å². The lowest BCUT2D eigenvalue weighted by Crippen LogP contribution is -2.44. The molecule has 1 saturated heterocycles. The second-order valence-electron chi connectivity index (χ2n) is 5.88. The van der Waals surface area contributed by atoms with Crippen molar-refractivity contribution < 1.29 is 4.79 Å². The lowest BCUT2D eigenvalue weighted by Gasteiger charge is -2.33. The molecule has 0 radical (unpaired) electrons. The van der Waals surface area contributed by atoms with Gasteiger partial charge < -0.3 is 15.5 Å². The summed E-state index contributed by atoms with van der Waals surface area (Å²) < 4.78 is 0. The summed E-state index contributed by atoms with van der Waals surface area (Å²) in [6.07, 6.45) is 2.18. The van der Waals surface area contributed by atoms with Gasteiger partial charge >= 0.3 is 0 Å². The summed E-state index contributed by atoms with van der Waals surface area (Å²) in [6, 6.07) is 0.549. The number of piperidine rings is 1. The molecule has 0 aromatic carbocycles. The Balaban J connectivity index is 2.31. The van der Waals surface area contributed by atoms with Crippen molar-refractivity contribution in [3.63, 3.8) is 0 Å². The zero-order valence-electron chi connectivity index (χ0n) is 12.3. The molecule has 0 aliphatic carbocycles. The van der Waals surface area contributed by atoms with Crippen LogP contribution in [-0.2, 0) is 4.79 Å². The van der Waals surface area contributed by atoms with Gasteiger partial charge in [-0.2, -0.15) is 0 Å². The Bertz CT molecular complexity index is 255. The number of nitrogens with one attached hydrogen (secondary N) is 2. The molecule has 2 unspecified atom stereocenters. The number of rotatable bonds is 6. The molecule has 1 heterocycles. The summed E-state index contributed by atoms with van der Waals surface area (Å²) >= 11 is 0. The average molecular weight is 255 g/mol. The lowest BCUT2D eigenvalue weighted by atomic mass is 9.96. The first-order valence-corrected chi connectivity index (χ1v) is 7.20. The van der Waals surface area contributed by atoms with Gasteiger partial charge in [0, 0.05) is 26.2 Å². The van der Waals surface area contributed by atoms with Gasteiger partial charge in [-0.3, -0.25) is 4.79 Å². The van der Waals surface area contributed by atoms with Gasteiger partial charge in [-0.15, -0.1) is 0 Å². The molecule has 1 aliphatic rings. The molecule has 2 atom stereocenters. The molecule has 4 heteroatoms. The molecule has 1 rings (SSSR count). The highest BCUT2D eigenvalue weighted by Gasteiger charge is 2.25. The minimum Gasteiger partial charge on any atom is -0.359 e. The monoisotopic (exact) mass is 255 g/mol. The van der Waals surface area contributed by atoms with Crippen LogP contribution in [0, 0.1) is 11.8 Å². The van der Waals surface area contributed by atoms with Crippen LogP contribution in [0.25, 0.3) is 0 Å². The largest absolute Gasteiger partial charge is 0.359 e. The summed E-state index contributed by atoms with van der Waals surface area (Å²) in [5.41, 5.74) is 0. The van der Waals surface area contributed by atoms with Crippen molar-refractivity contribution in [1.82, 2.24) is 15.5 Å². The summed E-state index contributed by atoms with van der Waals surface area (Å²) in [5, 5.41) is 6.24. The van der Waals surface area contributed by atoms with Crippen molar-refractivity contribution >= 4 is 5.91 Å². The smallest absolute Gasteiger partial charge is 0.224 e. The van der Waals surface area contributed by atoms with Crippen LogP contribution < -0.4 is 10.6 Å². The average Bonchev–Trinajstić information content (AvgIpc) is 2.35. The number of amides is 1. The third-order valence-electron chi connectivity index (χ3n) is 3.57. The molecule has 0 spiro atoms. The Morgan fingerprint density at radius 3 is 2.72 bits per heavy atom. The Kier molecular flexibility index (Phi) is 6.65. The van der Waals surface area contributed by atoms with Crippen molar-refractivity contribution in [2.75, 3.05) is 33.2 Å². The van der Waals surface area contributed by atoms with Gasteiger partial charge in [0.1, 0.15) is 0 Å². The zero-order valence-corrected chi connectivity index (χ0v) is 12.3. The van der Waals surface area contributed by atoms with E-state index in [2.05, 4.69) is 36.3 Å². The quantitative estimate of drug-likeness (QED) is 0.746. The fourth-order valence-electron chi connectivity index (χ4n) is 2.58. The topological polar surface area (TPSA) is 44.4 Å². The normalized spacial score (nSPS) is 23.1. The molecule has 18 heavy (non-hydrogen) atoms. The maximum Gasteiger partial charge on any atom is 0.224 e. The third-order valence-corrected chi connectivity index (χ3v) is 3.57. The molecule has 1 amide bonds. The number of nitrogens with zero attached hydrogens (tertiary/aromatic N) is 1. The van der Waals surface area contributed by atoms with E-state index in [1.807, 2.05) is 0 Å². The predicted molar refractivity (Wildman–Crippen MR) is 75.5 cm³/mol. The van der Waals surface area contributed by atoms with Gasteiger partial charge in [0.25, 0.3) is 0 Å². The molecule has 0 aromatic heterocycles. The van der Waals surface area contributed by atoms with E-state index >= 15 is 0 Å². The third kappa shape index (κ3) is 5.36. The van der Waals surface area contributed by atoms with Gasteiger partial charge in [0.15, 0.2) is 0 Å². The predicted octanol–water partition coefficient (Wildman–Crippen LogP) is 1.08. The number of likely N-dealkylation sites (tertiary alicyclic amines) is 1. The van der Waals surface area contributed by atoms with Crippen LogP contribution in [0.5, 0.6) is 0 Å². The minimum absolute atomic E-state index is 0.189. The van der Waals surface area contributed by atoms with E-state index < -0.39 is 0 Å². The van der Waals surface area contributed by atoms with Crippen molar-refractivity contribution in [3.05, 3.63) is 0 Å². The molecular formula is C14H29N3O. The van der Waals surface area contributed by atoms with Gasteiger partial charge in [-0.05, 0) is 31.8 Å². The molecule has 0 bridgehead atoms. The number of carbonyl (C=O) groups is 1. The Morgan fingerprint density at radius 1 is 1.39 bits per heavy atom. The van der Waals surface area contributed by atoms with Crippen LogP contribution in [0.1, 0.15) is 33.6 Å². The van der Waals surface area contributed by atoms with Crippen LogP contribution in [0.3, 0.4) is 0 Å². The molecule has 2 N–H and O–H groups in total. The highest BCUT2D eigenvalue weighted by molar-refractivity contribution is 5.78. The summed E-state index contributed by atoms with van der Waals surface area (Å²) in [7, 11) is 1.73. The Morgan fingerprint density at radius 2 is 2.11 bits per heavy atom. The minimum atomic E-state index is 0.189. The van der Waals surface area contributed by atoms with Crippen LogP contribution >= 0.6 is 0 Å². The van der Waals surface area contributed by atoms with E-state index in [4.69, 9.17) is 0 Å². The number of hydrogen-bond donors (Lipinski definition) is 2. The summed E-state index contributed by atoms with van der Waals surface area (Å²) in [5.74, 6) is 1.03. The first-order valence-electron chi connectivity index (χ1n) is 7.20. The SMILES string of the molecule is CNC(=O)C1CCCN(CC(C)CNC(C)C)C1. The number of carbonyl (C=O) groups excluding carboxylic acids is 1. The summed E-state index contributed by atoms with van der Waals surface area (Å²) in [6.45, 7) is 10.8. The van der Waals surface area contributed by atoms with E-state index in [-0.39, 0.29) is 11.8 Å². The van der Waals surface area contributed by atoms with E-state index in [0.717, 1.165) is 39.0 Å². The van der Waals surface area contributed by atoms with E-state index in [0.29, 0.717) is 12.0 Å². The number of hydrogen-bond acceptors (Lipinski definition) is 3. The second-order valence-corrected chi connectivity index (χ2v) is 5.88. The van der Waals surface area contributed by atoms with Crippen molar-refractivity contribution in [1.29, 1.82) is 0 Å². The molecule has 1 fully saturated rings. The molecule has 0 aromatic rings. The van der Waals surface area contributed by atoms with Gasteiger partial charge in [0.2, 0.25) is 5.91 Å². The summed E-state index contributed by atoms with van der Waals surface area (Å²) in [4.78, 5) is 14.1. The van der Waals surface area contributed by atoms with Crippen LogP contribution in [0.2, 0.25) is 0 Å². The maximum atomic E-state index is 11.7. The highest BCUT2D eigenvalue weighted by atomic mass is 16.1. The molecule has 1 aliphatic heterocycles. The maximum absolute atomic E-state index is 11.7. The van der Waals surface area contributed by atoms with E-state index in [1.165, 1.54) is 0 Å². The van der Waals surface area contributed by atoms with E-state index in [1.54, 1.807) is 7.05 Å². The zero-order chi connectivity index (χ0) is 13.5. The Labute approximate surface area is 111 Å². The van der Waals surface area contributed by atoms with Crippen molar-refractivity contribution in [2.45, 2.75) is 39.7 Å². The Hall–Kier alpha value is -0.610. The fourth-order valence-corrected chi connectivity index (χ4v) is 2.58. The first-order chi connectivity index (χ1) is 8.52. The van der Waals surface area contributed by atoms with Crippen molar-refractivity contribution in [3.8, 4) is 0 Å². The molecule has 106 valence electrons. The fraction of sp³-hybridized carbons (Fsp3) is 0.929. The van der Waals surface area contributed by atoms with Gasteiger partial charge in [-0.1, -0.05) is 20.8 Å². The molecular weight excluding hydrogens is 226 g/mol. The van der Waals surface area contributed by atoms with Gasteiger partial charge in [0.05, 0.1) is 5.92 Å². The van der Waals surface area contributed by atoms with Crippen LogP contribution in [-0.4, -0.2) is 50.1 Å². The lowest BCUT2D eigenvalue weighted by molar-refractivity contribution is -0.126. The molecule has 4 nitrogen and oxygen atoms in total. The van der Waals surface area contributed by atoms with Crippen molar-refractivity contribution in [2.24, 2.45) is 11.8 Å².